The van der Waals surface area contributed by atoms with Crippen molar-refractivity contribution in [2.45, 2.75) is 31.8 Å². The summed E-state index contributed by atoms with van der Waals surface area (Å²) in [6.07, 6.45) is 2.38. The summed E-state index contributed by atoms with van der Waals surface area (Å²) in [5.74, 6) is -0.135. The molecule has 0 fully saturated rings. The molecule has 1 aromatic carbocycles. The highest BCUT2D eigenvalue weighted by Gasteiger charge is 2.17. The van der Waals surface area contributed by atoms with Gasteiger partial charge in [-0.3, -0.25) is 4.79 Å². The molecule has 4 nitrogen and oxygen atoms in total. The van der Waals surface area contributed by atoms with E-state index < -0.39 is 0 Å². The minimum absolute atomic E-state index is 0.135. The maximum atomic E-state index is 11.1. The summed E-state index contributed by atoms with van der Waals surface area (Å²) in [6.45, 7) is 2.80. The molecule has 2 rings (SSSR count). The molecule has 104 valence electrons. The number of hydrogen-bond donors (Lipinski definition) is 2. The molecule has 1 heterocycles. The maximum absolute atomic E-state index is 11.1. The number of ether oxygens (including phenoxy) is 1. The second-order valence-electron chi connectivity index (χ2n) is 4.85. The number of fused-ring (bicyclic) bond motifs is 1. The molecule has 0 saturated heterocycles. The standard InChI is InChI=1S/C15H22N2O2/c1-19-15(18)7-4-9-17-14-8-10-16-11-12-5-2-3-6-13(12)14/h2-3,5-6,14,16-17H,4,7-11H2,1H3. The van der Waals surface area contributed by atoms with Crippen LogP contribution in [0.3, 0.4) is 0 Å². The van der Waals surface area contributed by atoms with Crippen LogP contribution in [-0.4, -0.2) is 26.2 Å². The van der Waals surface area contributed by atoms with E-state index in [0.717, 1.165) is 32.5 Å². The molecule has 1 unspecified atom stereocenters. The fourth-order valence-corrected chi connectivity index (χ4v) is 2.48. The second-order valence-corrected chi connectivity index (χ2v) is 4.85. The SMILES string of the molecule is COC(=O)CCCNC1CCNCc2ccccc21. The monoisotopic (exact) mass is 262 g/mol. The minimum atomic E-state index is -0.135. The van der Waals surface area contributed by atoms with Gasteiger partial charge in [0.1, 0.15) is 0 Å². The van der Waals surface area contributed by atoms with Crippen molar-refractivity contribution >= 4 is 5.97 Å². The predicted octanol–water partition coefficient (Wildman–Crippen LogP) is 1.76. The quantitative estimate of drug-likeness (QED) is 0.627. The highest BCUT2D eigenvalue weighted by atomic mass is 16.5. The van der Waals surface area contributed by atoms with Crippen LogP contribution in [0.1, 0.15) is 36.4 Å². The summed E-state index contributed by atoms with van der Waals surface area (Å²) in [4.78, 5) is 11.1. The fraction of sp³-hybridized carbons (Fsp3) is 0.533. The number of carbonyl (C=O) groups is 1. The normalized spacial score (nSPS) is 18.5. The molecule has 0 saturated carbocycles. The molecule has 0 bridgehead atoms. The smallest absolute Gasteiger partial charge is 0.305 e. The molecule has 2 N–H and O–H groups in total. The summed E-state index contributed by atoms with van der Waals surface area (Å²) < 4.78 is 4.64. The van der Waals surface area contributed by atoms with Crippen LogP contribution in [0.15, 0.2) is 24.3 Å². The Morgan fingerprint density at radius 3 is 3.16 bits per heavy atom. The van der Waals surface area contributed by atoms with Crippen molar-refractivity contribution in [3.05, 3.63) is 35.4 Å². The second kappa shape index (κ2) is 7.26. The molecule has 0 aliphatic carbocycles. The fourth-order valence-electron chi connectivity index (χ4n) is 2.48. The number of methoxy groups -OCH3 is 1. The third-order valence-corrected chi connectivity index (χ3v) is 3.53. The molecule has 1 aliphatic rings. The number of rotatable bonds is 5. The first-order chi connectivity index (χ1) is 9.31. The zero-order chi connectivity index (χ0) is 13.5. The average Bonchev–Trinajstić information content (AvgIpc) is 2.66. The Kier molecular flexibility index (Phi) is 5.36. The maximum Gasteiger partial charge on any atom is 0.305 e. The number of esters is 1. The van der Waals surface area contributed by atoms with E-state index in [-0.39, 0.29) is 5.97 Å². The molecule has 1 aliphatic heterocycles. The topological polar surface area (TPSA) is 50.4 Å². The molecule has 0 aromatic heterocycles. The molecule has 4 heteroatoms. The van der Waals surface area contributed by atoms with Crippen LogP contribution in [0.25, 0.3) is 0 Å². The van der Waals surface area contributed by atoms with E-state index in [1.165, 1.54) is 18.2 Å². The van der Waals surface area contributed by atoms with Gasteiger partial charge < -0.3 is 15.4 Å². The van der Waals surface area contributed by atoms with Gasteiger partial charge in [0, 0.05) is 19.0 Å². The van der Waals surface area contributed by atoms with Gasteiger partial charge in [0.15, 0.2) is 0 Å². The lowest BCUT2D eigenvalue weighted by atomic mass is 9.99. The Morgan fingerprint density at radius 1 is 1.47 bits per heavy atom. The van der Waals surface area contributed by atoms with E-state index in [0.29, 0.717) is 12.5 Å². The van der Waals surface area contributed by atoms with E-state index in [1.807, 2.05) is 0 Å². The third-order valence-electron chi connectivity index (χ3n) is 3.53. The van der Waals surface area contributed by atoms with Crippen molar-refractivity contribution in [1.29, 1.82) is 0 Å². The van der Waals surface area contributed by atoms with Gasteiger partial charge in [-0.1, -0.05) is 24.3 Å². The Balaban J connectivity index is 1.88. The van der Waals surface area contributed by atoms with Crippen LogP contribution in [0.2, 0.25) is 0 Å². The Morgan fingerprint density at radius 2 is 2.32 bits per heavy atom. The predicted molar refractivity (Wildman–Crippen MR) is 74.8 cm³/mol. The Hall–Kier alpha value is -1.39. The van der Waals surface area contributed by atoms with Crippen molar-refractivity contribution in [3.8, 4) is 0 Å². The Bertz CT molecular complexity index is 420. The molecule has 1 atom stereocenters. The molecule has 0 spiro atoms. The van der Waals surface area contributed by atoms with Gasteiger partial charge in [-0.25, -0.2) is 0 Å². The van der Waals surface area contributed by atoms with Gasteiger partial charge in [0.2, 0.25) is 0 Å². The molecule has 0 radical (unpaired) electrons. The van der Waals surface area contributed by atoms with Gasteiger partial charge in [0.25, 0.3) is 0 Å². The number of benzene rings is 1. The molecular weight excluding hydrogens is 240 g/mol. The summed E-state index contributed by atoms with van der Waals surface area (Å²) in [6, 6.07) is 8.92. The first-order valence-electron chi connectivity index (χ1n) is 6.90. The summed E-state index contributed by atoms with van der Waals surface area (Å²) in [5.41, 5.74) is 2.75. The lowest BCUT2D eigenvalue weighted by Crippen LogP contribution is -2.24. The van der Waals surface area contributed by atoms with Crippen molar-refractivity contribution in [2.75, 3.05) is 20.2 Å². The van der Waals surface area contributed by atoms with E-state index in [2.05, 4.69) is 39.6 Å². The number of hydrogen-bond acceptors (Lipinski definition) is 4. The Labute approximate surface area is 114 Å². The van der Waals surface area contributed by atoms with E-state index >= 15 is 0 Å². The van der Waals surface area contributed by atoms with Crippen LogP contribution in [0, 0.1) is 0 Å². The summed E-state index contributed by atoms with van der Waals surface area (Å²) in [5, 5.41) is 6.99. The van der Waals surface area contributed by atoms with Crippen LogP contribution in [0.4, 0.5) is 0 Å². The molecule has 19 heavy (non-hydrogen) atoms. The van der Waals surface area contributed by atoms with Crippen molar-refractivity contribution in [1.82, 2.24) is 10.6 Å². The summed E-state index contributed by atoms with van der Waals surface area (Å²) >= 11 is 0. The molecular formula is C15H22N2O2. The van der Waals surface area contributed by atoms with Crippen molar-refractivity contribution in [3.63, 3.8) is 0 Å². The van der Waals surface area contributed by atoms with Gasteiger partial charge in [0.05, 0.1) is 7.11 Å². The van der Waals surface area contributed by atoms with Crippen molar-refractivity contribution in [2.24, 2.45) is 0 Å². The van der Waals surface area contributed by atoms with Gasteiger partial charge in [-0.2, -0.15) is 0 Å². The minimum Gasteiger partial charge on any atom is -0.469 e. The van der Waals surface area contributed by atoms with Crippen LogP contribution in [-0.2, 0) is 16.1 Å². The van der Waals surface area contributed by atoms with E-state index in [9.17, 15) is 4.79 Å². The van der Waals surface area contributed by atoms with Crippen LogP contribution in [0.5, 0.6) is 0 Å². The largest absolute Gasteiger partial charge is 0.469 e. The molecule has 1 aromatic rings. The highest BCUT2D eigenvalue weighted by Crippen LogP contribution is 2.23. The molecule has 0 amide bonds. The number of carbonyl (C=O) groups excluding carboxylic acids is 1. The van der Waals surface area contributed by atoms with Crippen LogP contribution < -0.4 is 10.6 Å². The van der Waals surface area contributed by atoms with Gasteiger partial charge >= 0.3 is 5.97 Å². The highest BCUT2D eigenvalue weighted by molar-refractivity contribution is 5.69. The van der Waals surface area contributed by atoms with E-state index in [4.69, 9.17) is 0 Å². The van der Waals surface area contributed by atoms with Gasteiger partial charge in [-0.05, 0) is 37.1 Å². The average molecular weight is 262 g/mol. The lowest BCUT2D eigenvalue weighted by molar-refractivity contribution is -0.140. The lowest BCUT2D eigenvalue weighted by Gasteiger charge is -2.18. The van der Waals surface area contributed by atoms with Crippen LogP contribution >= 0.6 is 0 Å². The van der Waals surface area contributed by atoms with Crippen molar-refractivity contribution < 1.29 is 9.53 Å². The first-order valence-corrected chi connectivity index (χ1v) is 6.90. The zero-order valence-corrected chi connectivity index (χ0v) is 11.4. The summed E-state index contributed by atoms with van der Waals surface area (Å²) in [7, 11) is 1.43. The van der Waals surface area contributed by atoms with E-state index in [1.54, 1.807) is 0 Å². The first kappa shape index (κ1) is 14.0. The zero-order valence-electron chi connectivity index (χ0n) is 11.4. The third kappa shape index (κ3) is 4.04. The van der Waals surface area contributed by atoms with Gasteiger partial charge in [-0.15, -0.1) is 0 Å². The number of nitrogens with one attached hydrogen (secondary N) is 2.